The topological polar surface area (TPSA) is 34.1 Å². The third-order valence-electron chi connectivity index (χ3n) is 2.23. The predicted molar refractivity (Wildman–Crippen MR) is 58.7 cm³/mol. The number of pyridine rings is 1. The Morgan fingerprint density at radius 3 is 2.57 bits per heavy atom. The molecule has 3 heteroatoms. The van der Waals surface area contributed by atoms with Gasteiger partial charge < -0.3 is 10.1 Å². The predicted octanol–water partition coefficient (Wildman–Crippen LogP) is 2.55. The van der Waals surface area contributed by atoms with Crippen LogP contribution in [0.25, 0.3) is 0 Å². The van der Waals surface area contributed by atoms with Crippen LogP contribution in [0.5, 0.6) is 5.88 Å². The molecule has 0 spiro atoms. The summed E-state index contributed by atoms with van der Waals surface area (Å²) in [5.74, 6) is 2.01. The first kappa shape index (κ1) is 10.8. The molecule has 78 valence electrons. The molecule has 1 unspecified atom stereocenters. The van der Waals surface area contributed by atoms with Crippen molar-refractivity contribution in [3.05, 3.63) is 18.2 Å². The highest BCUT2D eigenvalue weighted by molar-refractivity contribution is 5.36. The van der Waals surface area contributed by atoms with Crippen molar-refractivity contribution in [3.63, 3.8) is 0 Å². The lowest BCUT2D eigenvalue weighted by Gasteiger charge is -2.17. The molecule has 0 bridgehead atoms. The maximum atomic E-state index is 5.67. The van der Waals surface area contributed by atoms with Crippen molar-refractivity contribution in [3.8, 4) is 5.88 Å². The van der Waals surface area contributed by atoms with Crippen LogP contribution in [0.2, 0.25) is 0 Å². The number of aromatic nitrogens is 1. The number of nitrogens with zero attached hydrogens (tertiary/aromatic N) is 1. The molecule has 0 aliphatic heterocycles. The highest BCUT2D eigenvalue weighted by atomic mass is 16.5. The molecule has 0 aliphatic carbocycles. The lowest BCUT2D eigenvalue weighted by atomic mass is 10.1. The van der Waals surface area contributed by atoms with Gasteiger partial charge in [-0.15, -0.1) is 0 Å². The smallest absolute Gasteiger partial charge is 0.215 e. The minimum atomic E-state index is 0.189. The van der Waals surface area contributed by atoms with Crippen LogP contribution in [0.3, 0.4) is 0 Å². The summed E-state index contributed by atoms with van der Waals surface area (Å²) in [4.78, 5) is 4.28. The van der Waals surface area contributed by atoms with Crippen molar-refractivity contribution in [2.24, 2.45) is 5.92 Å². The fourth-order valence-corrected chi connectivity index (χ4v) is 0.946. The fourth-order valence-electron chi connectivity index (χ4n) is 0.946. The molecule has 1 aromatic heterocycles. The van der Waals surface area contributed by atoms with Crippen molar-refractivity contribution >= 4 is 5.82 Å². The molecule has 1 N–H and O–H groups in total. The van der Waals surface area contributed by atoms with Gasteiger partial charge in [0, 0.05) is 13.1 Å². The molecule has 14 heavy (non-hydrogen) atoms. The van der Waals surface area contributed by atoms with Gasteiger partial charge in [0.25, 0.3) is 0 Å². The van der Waals surface area contributed by atoms with E-state index in [4.69, 9.17) is 4.74 Å². The molecule has 1 atom stereocenters. The molecule has 0 radical (unpaired) electrons. The molecule has 0 amide bonds. The minimum Gasteiger partial charge on any atom is -0.474 e. The van der Waals surface area contributed by atoms with Gasteiger partial charge in [-0.1, -0.05) is 19.9 Å². The Morgan fingerprint density at radius 1 is 1.29 bits per heavy atom. The molecule has 0 aromatic carbocycles. The largest absolute Gasteiger partial charge is 0.474 e. The summed E-state index contributed by atoms with van der Waals surface area (Å²) in [6, 6.07) is 5.72. The Labute approximate surface area is 85.5 Å². The van der Waals surface area contributed by atoms with Crippen molar-refractivity contribution in [2.45, 2.75) is 26.9 Å². The van der Waals surface area contributed by atoms with Crippen molar-refractivity contribution in [2.75, 3.05) is 12.4 Å². The second-order valence-electron chi connectivity index (χ2n) is 3.68. The summed E-state index contributed by atoms with van der Waals surface area (Å²) in [7, 11) is 1.85. The van der Waals surface area contributed by atoms with E-state index in [9.17, 15) is 0 Å². The quantitative estimate of drug-likeness (QED) is 0.799. The van der Waals surface area contributed by atoms with E-state index in [1.807, 2.05) is 25.2 Å². The lowest BCUT2D eigenvalue weighted by molar-refractivity contribution is 0.163. The first-order chi connectivity index (χ1) is 6.63. The number of anilines is 1. The molecule has 1 heterocycles. The van der Waals surface area contributed by atoms with Gasteiger partial charge in [0.15, 0.2) is 0 Å². The van der Waals surface area contributed by atoms with E-state index < -0.39 is 0 Å². The standard InChI is InChI=1S/C11H18N2O/c1-8(2)9(3)14-11-7-5-6-10(12-4)13-11/h5-9H,1-4H3,(H,12,13). The SMILES string of the molecule is CNc1cccc(OC(C)C(C)C)n1. The Bertz CT molecular complexity index is 286. The van der Waals surface area contributed by atoms with Gasteiger partial charge in [-0.3, -0.25) is 0 Å². The monoisotopic (exact) mass is 194 g/mol. The summed E-state index contributed by atoms with van der Waals surface area (Å²) in [6.45, 7) is 6.32. The van der Waals surface area contributed by atoms with E-state index in [2.05, 4.69) is 31.1 Å². The van der Waals surface area contributed by atoms with Crippen LogP contribution in [0.4, 0.5) is 5.82 Å². The number of hydrogen-bond acceptors (Lipinski definition) is 3. The van der Waals surface area contributed by atoms with Gasteiger partial charge in [-0.2, -0.15) is 4.98 Å². The summed E-state index contributed by atoms with van der Waals surface area (Å²) in [6.07, 6.45) is 0.189. The molecular weight excluding hydrogens is 176 g/mol. The van der Waals surface area contributed by atoms with Crippen LogP contribution >= 0.6 is 0 Å². The third-order valence-corrected chi connectivity index (χ3v) is 2.23. The number of rotatable bonds is 4. The summed E-state index contributed by atoms with van der Waals surface area (Å²) in [5.41, 5.74) is 0. The van der Waals surface area contributed by atoms with Crippen molar-refractivity contribution in [1.29, 1.82) is 0 Å². The van der Waals surface area contributed by atoms with Crippen molar-refractivity contribution in [1.82, 2.24) is 4.98 Å². The average Bonchev–Trinajstić information content (AvgIpc) is 2.18. The highest BCUT2D eigenvalue weighted by Crippen LogP contribution is 2.15. The zero-order chi connectivity index (χ0) is 10.6. The summed E-state index contributed by atoms with van der Waals surface area (Å²) in [5, 5.41) is 2.98. The lowest BCUT2D eigenvalue weighted by Crippen LogP contribution is -2.19. The maximum Gasteiger partial charge on any atom is 0.215 e. The normalized spacial score (nSPS) is 12.6. The molecule has 0 saturated carbocycles. The van der Waals surface area contributed by atoms with Gasteiger partial charge in [0.2, 0.25) is 5.88 Å². The minimum absolute atomic E-state index is 0.189. The summed E-state index contributed by atoms with van der Waals surface area (Å²) >= 11 is 0. The van der Waals surface area contributed by atoms with Gasteiger partial charge in [-0.05, 0) is 18.9 Å². The Kier molecular flexibility index (Phi) is 3.74. The maximum absolute atomic E-state index is 5.67. The zero-order valence-electron chi connectivity index (χ0n) is 9.24. The third kappa shape index (κ3) is 2.91. The molecule has 3 nitrogen and oxygen atoms in total. The Balaban J connectivity index is 2.66. The Hall–Kier alpha value is -1.25. The van der Waals surface area contributed by atoms with Crippen LogP contribution in [0.1, 0.15) is 20.8 Å². The summed E-state index contributed by atoms with van der Waals surface area (Å²) < 4.78 is 5.67. The molecule has 0 aliphatic rings. The molecule has 1 aromatic rings. The Morgan fingerprint density at radius 2 is 2.00 bits per heavy atom. The fraction of sp³-hybridized carbons (Fsp3) is 0.545. The number of hydrogen-bond donors (Lipinski definition) is 1. The number of ether oxygens (including phenoxy) is 1. The van der Waals surface area contributed by atoms with Gasteiger partial charge in [0.1, 0.15) is 5.82 Å². The first-order valence-corrected chi connectivity index (χ1v) is 4.95. The zero-order valence-corrected chi connectivity index (χ0v) is 9.24. The van der Waals surface area contributed by atoms with Crippen LogP contribution in [0.15, 0.2) is 18.2 Å². The van der Waals surface area contributed by atoms with Crippen LogP contribution in [-0.2, 0) is 0 Å². The molecule has 0 fully saturated rings. The van der Waals surface area contributed by atoms with Crippen LogP contribution in [-0.4, -0.2) is 18.1 Å². The highest BCUT2D eigenvalue weighted by Gasteiger charge is 2.09. The van der Waals surface area contributed by atoms with Gasteiger partial charge in [0.05, 0.1) is 6.10 Å². The van der Waals surface area contributed by atoms with Gasteiger partial charge >= 0.3 is 0 Å². The second-order valence-corrected chi connectivity index (χ2v) is 3.68. The van der Waals surface area contributed by atoms with E-state index >= 15 is 0 Å². The van der Waals surface area contributed by atoms with E-state index in [0.29, 0.717) is 11.8 Å². The van der Waals surface area contributed by atoms with E-state index in [-0.39, 0.29) is 6.10 Å². The second kappa shape index (κ2) is 4.84. The van der Waals surface area contributed by atoms with Gasteiger partial charge in [-0.25, -0.2) is 0 Å². The molecular formula is C11H18N2O. The molecule has 1 rings (SSSR count). The number of nitrogens with one attached hydrogen (secondary N) is 1. The van der Waals surface area contributed by atoms with Crippen molar-refractivity contribution < 1.29 is 4.74 Å². The van der Waals surface area contributed by atoms with E-state index in [1.54, 1.807) is 0 Å². The van der Waals surface area contributed by atoms with E-state index in [1.165, 1.54) is 0 Å². The van der Waals surface area contributed by atoms with Crippen LogP contribution < -0.4 is 10.1 Å². The average molecular weight is 194 g/mol. The van der Waals surface area contributed by atoms with E-state index in [0.717, 1.165) is 5.82 Å². The van der Waals surface area contributed by atoms with Crippen LogP contribution in [0, 0.1) is 5.92 Å². The molecule has 0 saturated heterocycles. The first-order valence-electron chi connectivity index (χ1n) is 4.95.